The number of rotatable bonds is 6. The Hall–Kier alpha value is -3.29. The number of benzene rings is 1. The van der Waals surface area contributed by atoms with Crippen molar-refractivity contribution in [2.75, 3.05) is 13.1 Å². The molecule has 0 saturated carbocycles. The Morgan fingerprint density at radius 2 is 1.96 bits per heavy atom. The molecule has 0 aliphatic carbocycles. The third-order valence-corrected chi connectivity index (χ3v) is 4.40. The molecule has 1 aromatic carbocycles. The molecule has 1 saturated heterocycles. The highest BCUT2D eigenvalue weighted by Gasteiger charge is 2.50. The molecule has 1 fully saturated rings. The Bertz CT molecular complexity index is 857. The van der Waals surface area contributed by atoms with Gasteiger partial charge in [-0.15, -0.1) is 0 Å². The number of carbonyl (C=O) groups is 3. The van der Waals surface area contributed by atoms with Crippen molar-refractivity contribution in [2.45, 2.75) is 18.9 Å². The molecule has 1 aromatic heterocycles. The van der Waals surface area contributed by atoms with Gasteiger partial charge in [0, 0.05) is 12.7 Å². The number of imide groups is 1. The largest absolute Gasteiger partial charge is 0.354 e. The molecule has 8 heteroatoms. The van der Waals surface area contributed by atoms with Gasteiger partial charge in [-0.1, -0.05) is 18.2 Å². The minimum atomic E-state index is -1.30. The van der Waals surface area contributed by atoms with Crippen LogP contribution in [0, 0.1) is 5.82 Å². The summed E-state index contributed by atoms with van der Waals surface area (Å²) in [6.45, 7) is 1.49. The number of pyridine rings is 1. The van der Waals surface area contributed by atoms with Crippen LogP contribution in [0.3, 0.4) is 0 Å². The Labute approximate surface area is 155 Å². The van der Waals surface area contributed by atoms with E-state index in [1.54, 1.807) is 37.3 Å². The molecule has 2 N–H and O–H groups in total. The Kier molecular flexibility index (Phi) is 5.16. The number of urea groups is 1. The normalized spacial score (nSPS) is 19.1. The molecule has 3 rings (SSSR count). The van der Waals surface area contributed by atoms with Gasteiger partial charge in [-0.25, -0.2) is 9.18 Å². The quantitative estimate of drug-likeness (QED) is 0.751. The summed E-state index contributed by atoms with van der Waals surface area (Å²) in [6.07, 6.45) is 2.04. The van der Waals surface area contributed by atoms with E-state index in [0.29, 0.717) is 18.7 Å². The third-order valence-electron chi connectivity index (χ3n) is 4.40. The first-order chi connectivity index (χ1) is 12.9. The van der Waals surface area contributed by atoms with E-state index < -0.39 is 23.4 Å². The summed E-state index contributed by atoms with van der Waals surface area (Å²) in [5.41, 5.74) is -0.0239. The summed E-state index contributed by atoms with van der Waals surface area (Å²) in [4.78, 5) is 42.0. The number of amides is 4. The van der Waals surface area contributed by atoms with Crippen LogP contribution in [-0.2, 0) is 21.5 Å². The molecule has 0 bridgehead atoms. The lowest BCUT2D eigenvalue weighted by Gasteiger charge is -2.20. The van der Waals surface area contributed by atoms with Crippen LogP contribution in [0.2, 0.25) is 0 Å². The highest BCUT2D eigenvalue weighted by atomic mass is 19.1. The Morgan fingerprint density at radius 3 is 2.63 bits per heavy atom. The maximum absolute atomic E-state index is 12.9. The number of carbonyl (C=O) groups excluding carboxylic acids is 3. The van der Waals surface area contributed by atoms with Crippen molar-refractivity contribution in [1.82, 2.24) is 20.5 Å². The zero-order chi connectivity index (χ0) is 19.4. The number of aromatic nitrogens is 1. The lowest BCUT2D eigenvalue weighted by Crippen LogP contribution is -2.43. The molecule has 1 atom stereocenters. The molecular weight excluding hydrogens is 351 g/mol. The maximum atomic E-state index is 12.9. The van der Waals surface area contributed by atoms with E-state index >= 15 is 0 Å². The fourth-order valence-corrected chi connectivity index (χ4v) is 2.87. The van der Waals surface area contributed by atoms with Gasteiger partial charge in [0.2, 0.25) is 5.91 Å². The molecule has 2 heterocycles. The number of nitrogens with zero attached hydrogens (tertiary/aromatic N) is 2. The number of hydrogen-bond donors (Lipinski definition) is 2. The van der Waals surface area contributed by atoms with Gasteiger partial charge in [0.15, 0.2) is 5.54 Å². The average Bonchev–Trinajstić information content (AvgIpc) is 2.88. The average molecular weight is 370 g/mol. The minimum absolute atomic E-state index is 0.311. The van der Waals surface area contributed by atoms with Crippen molar-refractivity contribution >= 4 is 17.8 Å². The zero-order valence-electron chi connectivity index (χ0n) is 14.7. The maximum Gasteiger partial charge on any atom is 0.325 e. The molecule has 27 heavy (non-hydrogen) atoms. The van der Waals surface area contributed by atoms with Gasteiger partial charge in [0.25, 0.3) is 5.91 Å². The van der Waals surface area contributed by atoms with Gasteiger partial charge in [0.1, 0.15) is 12.4 Å². The van der Waals surface area contributed by atoms with Crippen LogP contribution in [0.25, 0.3) is 0 Å². The highest BCUT2D eigenvalue weighted by Crippen LogP contribution is 2.26. The van der Waals surface area contributed by atoms with Crippen molar-refractivity contribution in [2.24, 2.45) is 0 Å². The highest BCUT2D eigenvalue weighted by molar-refractivity contribution is 6.08. The van der Waals surface area contributed by atoms with Crippen LogP contribution in [0.15, 0.2) is 48.7 Å². The number of halogens is 1. The van der Waals surface area contributed by atoms with Crippen LogP contribution in [-0.4, -0.2) is 40.8 Å². The lowest BCUT2D eigenvalue weighted by atomic mass is 9.97. The smallest absolute Gasteiger partial charge is 0.325 e. The second-order valence-electron chi connectivity index (χ2n) is 6.39. The molecule has 0 spiro atoms. The first kappa shape index (κ1) is 18.5. The second-order valence-corrected chi connectivity index (χ2v) is 6.39. The first-order valence-electron chi connectivity index (χ1n) is 8.47. The van der Waals surface area contributed by atoms with E-state index in [0.717, 1.165) is 10.5 Å². The summed E-state index contributed by atoms with van der Waals surface area (Å²) >= 11 is 0. The van der Waals surface area contributed by atoms with E-state index in [2.05, 4.69) is 15.6 Å². The summed E-state index contributed by atoms with van der Waals surface area (Å²) in [5.74, 6) is -1.30. The van der Waals surface area contributed by atoms with Crippen molar-refractivity contribution < 1.29 is 18.8 Å². The van der Waals surface area contributed by atoms with E-state index in [1.165, 1.54) is 18.3 Å². The SMILES string of the molecule is C[C@@]1(c2ccccn2)NC(=O)N(CC(=O)NCCc2ccc(F)cc2)C1=O. The number of hydrogen-bond acceptors (Lipinski definition) is 4. The molecule has 2 aromatic rings. The summed E-state index contributed by atoms with van der Waals surface area (Å²) in [7, 11) is 0. The van der Waals surface area contributed by atoms with Gasteiger partial charge in [0.05, 0.1) is 5.69 Å². The molecule has 0 radical (unpaired) electrons. The number of nitrogens with one attached hydrogen (secondary N) is 2. The van der Waals surface area contributed by atoms with E-state index in [1.807, 2.05) is 0 Å². The van der Waals surface area contributed by atoms with E-state index in [9.17, 15) is 18.8 Å². The van der Waals surface area contributed by atoms with Crippen molar-refractivity contribution in [3.63, 3.8) is 0 Å². The lowest BCUT2D eigenvalue weighted by molar-refractivity contribution is -0.134. The zero-order valence-corrected chi connectivity index (χ0v) is 14.7. The Morgan fingerprint density at radius 1 is 1.22 bits per heavy atom. The van der Waals surface area contributed by atoms with Crippen molar-refractivity contribution in [3.05, 3.63) is 65.7 Å². The summed E-state index contributed by atoms with van der Waals surface area (Å²) < 4.78 is 12.9. The van der Waals surface area contributed by atoms with Gasteiger partial charge in [-0.05, 0) is 43.2 Å². The van der Waals surface area contributed by atoms with Gasteiger partial charge in [-0.3, -0.25) is 19.5 Å². The Balaban J connectivity index is 1.57. The molecule has 0 unspecified atom stereocenters. The second kappa shape index (κ2) is 7.53. The van der Waals surface area contributed by atoms with Gasteiger partial charge >= 0.3 is 6.03 Å². The van der Waals surface area contributed by atoms with E-state index in [4.69, 9.17) is 0 Å². The standard InChI is InChI=1S/C19H19FN4O3/c1-19(15-4-2-3-10-21-15)17(26)24(18(27)23-19)12-16(25)22-11-9-13-5-7-14(20)8-6-13/h2-8,10H,9,11-12H2,1H3,(H,22,25)(H,23,27)/t19-/m0/s1. The molecule has 7 nitrogen and oxygen atoms in total. The first-order valence-corrected chi connectivity index (χ1v) is 8.47. The summed E-state index contributed by atoms with van der Waals surface area (Å²) in [5, 5.41) is 5.26. The van der Waals surface area contributed by atoms with E-state index in [-0.39, 0.29) is 12.4 Å². The van der Waals surface area contributed by atoms with Crippen LogP contribution in [0.5, 0.6) is 0 Å². The topological polar surface area (TPSA) is 91.4 Å². The van der Waals surface area contributed by atoms with Gasteiger partial charge < -0.3 is 10.6 Å². The molecule has 140 valence electrons. The van der Waals surface area contributed by atoms with Crippen LogP contribution >= 0.6 is 0 Å². The predicted molar refractivity (Wildman–Crippen MR) is 94.9 cm³/mol. The monoisotopic (exact) mass is 370 g/mol. The molecular formula is C19H19FN4O3. The fraction of sp³-hybridized carbons (Fsp3) is 0.263. The van der Waals surface area contributed by atoms with Crippen LogP contribution < -0.4 is 10.6 Å². The third kappa shape index (κ3) is 3.94. The predicted octanol–water partition coefficient (Wildman–Crippen LogP) is 1.35. The molecule has 1 aliphatic heterocycles. The minimum Gasteiger partial charge on any atom is -0.354 e. The summed E-state index contributed by atoms with van der Waals surface area (Å²) in [6, 6.07) is 10.4. The van der Waals surface area contributed by atoms with Crippen molar-refractivity contribution in [1.29, 1.82) is 0 Å². The van der Waals surface area contributed by atoms with Crippen LogP contribution in [0.4, 0.5) is 9.18 Å². The molecule has 1 aliphatic rings. The van der Waals surface area contributed by atoms with Gasteiger partial charge in [-0.2, -0.15) is 0 Å². The van der Waals surface area contributed by atoms with Crippen LogP contribution in [0.1, 0.15) is 18.2 Å². The fourth-order valence-electron chi connectivity index (χ4n) is 2.87. The molecule has 4 amide bonds. The van der Waals surface area contributed by atoms with Crippen molar-refractivity contribution in [3.8, 4) is 0 Å².